The van der Waals surface area contributed by atoms with Crippen molar-refractivity contribution in [1.29, 1.82) is 0 Å². The quantitative estimate of drug-likeness (QED) is 0.813. The summed E-state index contributed by atoms with van der Waals surface area (Å²) < 4.78 is 5.06. The van der Waals surface area contributed by atoms with E-state index in [9.17, 15) is 10.2 Å². The first-order valence-electron chi connectivity index (χ1n) is 6.51. The zero-order valence-corrected chi connectivity index (χ0v) is 13.3. The largest absolute Gasteiger partial charge is 0.506 e. The van der Waals surface area contributed by atoms with E-state index in [-0.39, 0.29) is 17.3 Å². The van der Waals surface area contributed by atoms with Crippen molar-refractivity contribution in [2.75, 3.05) is 13.7 Å². The fourth-order valence-corrected chi connectivity index (χ4v) is 2.38. The number of halogens is 2. The molecule has 0 aliphatic carbocycles. The van der Waals surface area contributed by atoms with Crippen LogP contribution in [0.3, 0.4) is 0 Å². The minimum atomic E-state index is -0.751. The van der Waals surface area contributed by atoms with Gasteiger partial charge in [0.25, 0.3) is 0 Å². The Labute approximate surface area is 138 Å². The Hall–Kier alpha value is -1.75. The number of aliphatic imine (C=N–C) groups is 1. The topological polar surface area (TPSA) is 62.0 Å². The van der Waals surface area contributed by atoms with Crippen LogP contribution in [-0.4, -0.2) is 30.1 Å². The second-order valence-corrected chi connectivity index (χ2v) is 5.45. The number of methoxy groups -OCH3 is 1. The van der Waals surface area contributed by atoms with Gasteiger partial charge in [0.05, 0.1) is 24.8 Å². The molecule has 1 atom stereocenters. The lowest BCUT2D eigenvalue weighted by Crippen LogP contribution is -2.02. The standard InChI is InChI=1S/C16H15Cl2NO3/c1-22-13-4-2-10(3-5-13)15(20)9-19-8-11-6-12(17)7-14(18)16(11)21/h2-8,15,20-21H,9H2,1H3. The van der Waals surface area contributed by atoms with Crippen LogP contribution in [0, 0.1) is 0 Å². The van der Waals surface area contributed by atoms with Gasteiger partial charge in [0.1, 0.15) is 11.5 Å². The van der Waals surface area contributed by atoms with Crippen molar-refractivity contribution in [1.82, 2.24) is 0 Å². The van der Waals surface area contributed by atoms with Gasteiger partial charge in [-0.15, -0.1) is 0 Å². The molecule has 2 rings (SSSR count). The van der Waals surface area contributed by atoms with E-state index in [1.54, 1.807) is 37.4 Å². The first-order valence-corrected chi connectivity index (χ1v) is 7.26. The Morgan fingerprint density at radius 1 is 1.23 bits per heavy atom. The van der Waals surface area contributed by atoms with Crippen molar-refractivity contribution < 1.29 is 14.9 Å². The first-order chi connectivity index (χ1) is 10.5. The number of aliphatic hydroxyl groups is 1. The third-order valence-electron chi connectivity index (χ3n) is 3.07. The molecule has 4 nitrogen and oxygen atoms in total. The fraction of sp³-hybridized carbons (Fsp3) is 0.188. The molecule has 2 aromatic rings. The van der Waals surface area contributed by atoms with Crippen LogP contribution in [0.4, 0.5) is 0 Å². The Bertz CT molecular complexity index is 672. The number of hydrogen-bond acceptors (Lipinski definition) is 4. The summed E-state index contributed by atoms with van der Waals surface area (Å²) in [6.45, 7) is 0.149. The molecular weight excluding hydrogens is 325 g/mol. The number of benzene rings is 2. The Balaban J connectivity index is 2.05. The van der Waals surface area contributed by atoms with Gasteiger partial charge >= 0.3 is 0 Å². The number of hydrogen-bond donors (Lipinski definition) is 2. The molecule has 0 aliphatic heterocycles. The molecule has 2 N–H and O–H groups in total. The van der Waals surface area contributed by atoms with E-state index < -0.39 is 6.10 Å². The average molecular weight is 340 g/mol. The molecule has 0 radical (unpaired) electrons. The highest BCUT2D eigenvalue weighted by Crippen LogP contribution is 2.30. The van der Waals surface area contributed by atoms with Crippen molar-refractivity contribution in [3.8, 4) is 11.5 Å². The van der Waals surface area contributed by atoms with Crippen molar-refractivity contribution in [2.45, 2.75) is 6.10 Å². The molecule has 1 unspecified atom stereocenters. The summed E-state index contributed by atoms with van der Waals surface area (Å²) in [4.78, 5) is 4.12. The van der Waals surface area contributed by atoms with Gasteiger partial charge in [0.2, 0.25) is 0 Å². The Morgan fingerprint density at radius 2 is 1.91 bits per heavy atom. The zero-order chi connectivity index (χ0) is 16.1. The highest BCUT2D eigenvalue weighted by molar-refractivity contribution is 6.36. The Morgan fingerprint density at radius 3 is 2.55 bits per heavy atom. The first kappa shape index (κ1) is 16.6. The minimum absolute atomic E-state index is 0.0891. The number of rotatable bonds is 5. The maximum absolute atomic E-state index is 10.1. The summed E-state index contributed by atoms with van der Waals surface area (Å²) in [5, 5.41) is 20.4. The van der Waals surface area contributed by atoms with Crippen LogP contribution in [-0.2, 0) is 0 Å². The number of nitrogens with zero attached hydrogens (tertiary/aromatic N) is 1. The lowest BCUT2D eigenvalue weighted by Gasteiger charge is -2.09. The van der Waals surface area contributed by atoms with Crippen molar-refractivity contribution in [3.05, 3.63) is 57.6 Å². The summed E-state index contributed by atoms with van der Waals surface area (Å²) in [6, 6.07) is 10.1. The van der Waals surface area contributed by atoms with Gasteiger partial charge in [-0.2, -0.15) is 0 Å². The minimum Gasteiger partial charge on any atom is -0.506 e. The lowest BCUT2D eigenvalue weighted by molar-refractivity contribution is 0.187. The second kappa shape index (κ2) is 7.49. The maximum Gasteiger partial charge on any atom is 0.143 e. The predicted octanol–water partition coefficient (Wildman–Crippen LogP) is 3.86. The van der Waals surface area contributed by atoms with Gasteiger partial charge in [0, 0.05) is 16.8 Å². The van der Waals surface area contributed by atoms with E-state index >= 15 is 0 Å². The number of ether oxygens (including phenoxy) is 1. The summed E-state index contributed by atoms with van der Waals surface area (Å²) in [7, 11) is 1.58. The molecule has 116 valence electrons. The van der Waals surface area contributed by atoms with E-state index in [4.69, 9.17) is 27.9 Å². The fourth-order valence-electron chi connectivity index (χ4n) is 1.87. The maximum atomic E-state index is 10.1. The molecule has 0 heterocycles. The summed E-state index contributed by atoms with van der Waals surface area (Å²) in [5.41, 5.74) is 1.13. The van der Waals surface area contributed by atoms with Crippen LogP contribution >= 0.6 is 23.2 Å². The highest BCUT2D eigenvalue weighted by atomic mass is 35.5. The van der Waals surface area contributed by atoms with Crippen molar-refractivity contribution in [2.24, 2.45) is 4.99 Å². The average Bonchev–Trinajstić information content (AvgIpc) is 2.51. The van der Waals surface area contributed by atoms with Gasteiger partial charge in [0.15, 0.2) is 0 Å². The van der Waals surface area contributed by atoms with Crippen LogP contribution in [0.15, 0.2) is 41.4 Å². The Kier molecular flexibility index (Phi) is 5.66. The van der Waals surface area contributed by atoms with Crippen molar-refractivity contribution in [3.63, 3.8) is 0 Å². The van der Waals surface area contributed by atoms with Gasteiger partial charge in [-0.1, -0.05) is 35.3 Å². The number of aromatic hydroxyl groups is 1. The van der Waals surface area contributed by atoms with Crippen LogP contribution < -0.4 is 4.74 Å². The molecule has 0 bridgehead atoms. The molecule has 0 amide bonds. The third-order valence-corrected chi connectivity index (χ3v) is 3.57. The normalized spacial score (nSPS) is 12.5. The monoisotopic (exact) mass is 339 g/mol. The van der Waals surface area contributed by atoms with Crippen LogP contribution in [0.5, 0.6) is 11.5 Å². The molecule has 22 heavy (non-hydrogen) atoms. The third kappa shape index (κ3) is 4.13. The SMILES string of the molecule is COc1ccc(C(O)CN=Cc2cc(Cl)cc(Cl)c2O)cc1. The molecule has 0 saturated heterocycles. The van der Waals surface area contributed by atoms with E-state index in [0.717, 1.165) is 11.3 Å². The summed E-state index contributed by atoms with van der Waals surface area (Å²) in [5.74, 6) is 0.631. The van der Waals surface area contributed by atoms with Crippen LogP contribution in [0.1, 0.15) is 17.2 Å². The number of phenols is 1. The number of aliphatic hydroxyl groups excluding tert-OH is 1. The molecule has 0 aliphatic rings. The van der Waals surface area contributed by atoms with E-state index in [0.29, 0.717) is 10.6 Å². The highest BCUT2D eigenvalue weighted by Gasteiger charge is 2.08. The van der Waals surface area contributed by atoms with Crippen LogP contribution in [0.2, 0.25) is 10.0 Å². The van der Waals surface area contributed by atoms with Gasteiger partial charge in [-0.3, -0.25) is 4.99 Å². The molecule has 2 aromatic carbocycles. The second-order valence-electron chi connectivity index (χ2n) is 4.61. The molecule has 6 heteroatoms. The van der Waals surface area contributed by atoms with Gasteiger partial charge < -0.3 is 14.9 Å². The van der Waals surface area contributed by atoms with Crippen LogP contribution in [0.25, 0.3) is 0 Å². The van der Waals surface area contributed by atoms with E-state index in [2.05, 4.69) is 4.99 Å². The summed E-state index contributed by atoms with van der Waals surface area (Å²) >= 11 is 11.7. The van der Waals surface area contributed by atoms with E-state index in [1.807, 2.05) is 0 Å². The summed E-state index contributed by atoms with van der Waals surface area (Å²) in [6.07, 6.45) is 0.679. The molecule has 0 saturated carbocycles. The van der Waals surface area contributed by atoms with Gasteiger partial charge in [-0.05, 0) is 29.8 Å². The number of phenolic OH excluding ortho intramolecular Hbond substituents is 1. The zero-order valence-electron chi connectivity index (χ0n) is 11.8. The smallest absolute Gasteiger partial charge is 0.143 e. The lowest BCUT2D eigenvalue weighted by atomic mass is 10.1. The van der Waals surface area contributed by atoms with E-state index in [1.165, 1.54) is 12.3 Å². The molecule has 0 spiro atoms. The molecule has 0 aromatic heterocycles. The van der Waals surface area contributed by atoms with Crippen molar-refractivity contribution >= 4 is 29.4 Å². The molecular formula is C16H15Cl2NO3. The molecule has 0 fully saturated rings. The predicted molar refractivity (Wildman–Crippen MR) is 88.5 cm³/mol. The van der Waals surface area contributed by atoms with Gasteiger partial charge in [-0.25, -0.2) is 0 Å².